The quantitative estimate of drug-likeness (QED) is 0.330. The van der Waals surface area contributed by atoms with Gasteiger partial charge in [0.25, 0.3) is 0 Å². The molecule has 1 N–H and O–H groups in total. The summed E-state index contributed by atoms with van der Waals surface area (Å²) in [4.78, 5) is 21.5. The Morgan fingerprint density at radius 2 is 2.08 bits per heavy atom. The number of pyridine rings is 1. The summed E-state index contributed by atoms with van der Waals surface area (Å²) in [6.45, 7) is 5.97. The average molecular weight is 561 g/mol. The number of carbonyl (C=O) groups is 1. The third-order valence-electron chi connectivity index (χ3n) is 6.98. The van der Waals surface area contributed by atoms with E-state index in [1.807, 2.05) is 35.6 Å². The molecule has 11 nitrogen and oxygen atoms in total. The molecule has 0 aliphatic carbocycles. The first-order valence-electron chi connectivity index (χ1n) is 12.8. The molecule has 2 bridgehead atoms. The third-order valence-corrected chi connectivity index (χ3v) is 8.43. The van der Waals surface area contributed by atoms with Crippen molar-refractivity contribution in [3.8, 4) is 28.0 Å². The number of fused-ring (bicyclic) bond motifs is 3. The highest BCUT2D eigenvalue weighted by molar-refractivity contribution is 7.67. The lowest BCUT2D eigenvalue weighted by atomic mass is 9.87. The molecule has 1 amide bonds. The van der Waals surface area contributed by atoms with Crippen LogP contribution in [0, 0.1) is 11.3 Å². The van der Waals surface area contributed by atoms with Crippen molar-refractivity contribution in [3.63, 3.8) is 0 Å². The maximum absolute atomic E-state index is 12.5. The van der Waals surface area contributed by atoms with Gasteiger partial charge in [0.15, 0.2) is 5.01 Å². The molecule has 39 heavy (non-hydrogen) atoms. The van der Waals surface area contributed by atoms with Crippen LogP contribution in [0.25, 0.3) is 27.5 Å². The number of carbonyl (C=O) groups excluding carboxylic acids is 1. The lowest BCUT2D eigenvalue weighted by Gasteiger charge is -2.56. The van der Waals surface area contributed by atoms with Crippen LogP contribution in [0.1, 0.15) is 25.8 Å². The van der Waals surface area contributed by atoms with Crippen LogP contribution >= 0.6 is 11.3 Å². The van der Waals surface area contributed by atoms with E-state index in [-0.39, 0.29) is 30.6 Å². The van der Waals surface area contributed by atoms with Crippen molar-refractivity contribution in [1.82, 2.24) is 29.7 Å². The highest BCUT2D eigenvalue weighted by Gasteiger charge is 2.47. The number of anilines is 2. The number of amides is 1. The molecule has 2 unspecified atom stereocenters. The van der Waals surface area contributed by atoms with Crippen LogP contribution in [0.3, 0.4) is 0 Å². The second-order valence-electron chi connectivity index (χ2n) is 9.96. The molecule has 3 aliphatic rings. The minimum absolute atomic E-state index is 0.121. The number of piperidine rings is 1. The Hall–Kier alpha value is -3.89. The second-order valence-corrected chi connectivity index (χ2v) is 11.6. The monoisotopic (exact) mass is 560 g/mol. The summed E-state index contributed by atoms with van der Waals surface area (Å²) in [5.41, 5.74) is 4.75. The van der Waals surface area contributed by atoms with E-state index in [0.29, 0.717) is 5.56 Å². The van der Waals surface area contributed by atoms with Gasteiger partial charge in [0.2, 0.25) is 11.0 Å². The van der Waals surface area contributed by atoms with Gasteiger partial charge in [-0.05, 0) is 50.8 Å². The predicted octanol–water partition coefficient (Wildman–Crippen LogP) is 3.02. The zero-order valence-electron chi connectivity index (χ0n) is 21.8. The van der Waals surface area contributed by atoms with Crippen LogP contribution < -0.4 is 10.2 Å². The fraction of sp³-hybridized carbons (Fsp3) is 0.385. The van der Waals surface area contributed by atoms with Crippen LogP contribution in [0.15, 0.2) is 41.0 Å². The number of thiol groups is 1. The number of nitriles is 1. The van der Waals surface area contributed by atoms with Gasteiger partial charge in [0.1, 0.15) is 12.6 Å². The van der Waals surface area contributed by atoms with Crippen molar-refractivity contribution in [2.45, 2.75) is 38.4 Å². The summed E-state index contributed by atoms with van der Waals surface area (Å²) < 4.78 is 6.00. The standard InChI is InChI=1S/C26H28N10OS2/c1-15(2)31-21-8-22(23-5-4-17-6-16(9-27)10-29-36(17)23)28-11-20(21)25-32-33-26(39-25)34-13-18-7-19(14-34)35(18)24(37)12-30-38-3/h4-6,8,10-11,15,18-19,38H,7,12-14H2,1-3H3,(H,28,31). The van der Waals surface area contributed by atoms with E-state index in [0.717, 1.165) is 69.4 Å². The van der Waals surface area contributed by atoms with Gasteiger partial charge in [-0.3, -0.25) is 14.1 Å². The number of hydrogen-bond donors (Lipinski definition) is 2. The predicted molar refractivity (Wildman–Crippen MR) is 154 cm³/mol. The largest absolute Gasteiger partial charge is 0.382 e. The van der Waals surface area contributed by atoms with E-state index in [1.54, 1.807) is 28.1 Å². The molecule has 2 atom stereocenters. The van der Waals surface area contributed by atoms with E-state index in [4.69, 9.17) is 4.98 Å². The maximum Gasteiger partial charge on any atom is 0.245 e. The third kappa shape index (κ3) is 4.74. The lowest BCUT2D eigenvalue weighted by Crippen LogP contribution is -2.70. The fourth-order valence-corrected chi connectivity index (χ4v) is 6.44. The summed E-state index contributed by atoms with van der Waals surface area (Å²) in [5.74, 6) is 0.121. The average Bonchev–Trinajstić information content (AvgIpc) is 3.59. The van der Waals surface area contributed by atoms with E-state index in [2.05, 4.69) is 49.8 Å². The normalized spacial score (nSPS) is 18.7. The molecule has 200 valence electrons. The molecule has 3 aliphatic heterocycles. The Kier molecular flexibility index (Phi) is 6.74. The molecule has 0 aromatic carbocycles. The highest BCUT2D eigenvalue weighted by Crippen LogP contribution is 2.39. The van der Waals surface area contributed by atoms with E-state index >= 15 is 0 Å². The second kappa shape index (κ2) is 10.3. The molecule has 0 saturated carbocycles. The zero-order valence-corrected chi connectivity index (χ0v) is 23.5. The first-order valence-corrected chi connectivity index (χ1v) is 14.9. The van der Waals surface area contributed by atoms with Crippen molar-refractivity contribution in [1.29, 1.82) is 5.26 Å². The van der Waals surface area contributed by atoms with Crippen LogP contribution in [0.5, 0.6) is 0 Å². The van der Waals surface area contributed by atoms with Crippen LogP contribution in [0.4, 0.5) is 10.8 Å². The Labute approximate surface area is 233 Å². The molecule has 7 rings (SSSR count). The summed E-state index contributed by atoms with van der Waals surface area (Å²) in [5, 5.41) is 27.9. The topological polar surface area (TPSA) is 128 Å². The highest BCUT2D eigenvalue weighted by atomic mass is 32.1. The van der Waals surface area contributed by atoms with Crippen molar-refractivity contribution in [3.05, 3.63) is 42.2 Å². The Balaban J connectivity index is 1.25. The summed E-state index contributed by atoms with van der Waals surface area (Å²) >= 11 is 2.43. The smallest absolute Gasteiger partial charge is 0.245 e. The van der Waals surface area contributed by atoms with Crippen molar-refractivity contribution < 1.29 is 4.79 Å². The van der Waals surface area contributed by atoms with Crippen molar-refractivity contribution >= 4 is 45.1 Å². The van der Waals surface area contributed by atoms with Crippen molar-refractivity contribution in [2.75, 3.05) is 36.1 Å². The summed E-state index contributed by atoms with van der Waals surface area (Å²) in [6.07, 6.45) is 6.35. The first-order chi connectivity index (χ1) is 18.9. The van der Waals surface area contributed by atoms with E-state index in [1.165, 1.54) is 0 Å². The van der Waals surface area contributed by atoms with Gasteiger partial charge < -0.3 is 15.1 Å². The maximum atomic E-state index is 12.5. The molecule has 13 heteroatoms. The summed E-state index contributed by atoms with van der Waals surface area (Å²) in [6, 6.07) is 10.5. The molecule has 0 spiro atoms. The van der Waals surface area contributed by atoms with Crippen LogP contribution in [-0.2, 0) is 16.4 Å². The van der Waals surface area contributed by atoms with Crippen LogP contribution in [-0.4, -0.2) is 79.6 Å². The minimum Gasteiger partial charge on any atom is -0.382 e. The SMILES string of the molecule is C/[SH]=N/CC(=O)N1C2CC1CN(c1nnc(-c3cnc(-c4ccc5cc(C#N)cnn45)cc3NC(C)C)s1)C2. The number of aromatic nitrogens is 5. The number of piperazine rings is 1. The van der Waals surface area contributed by atoms with Gasteiger partial charge in [0, 0.05) is 31.0 Å². The molecule has 7 heterocycles. The first kappa shape index (κ1) is 25.4. The van der Waals surface area contributed by atoms with Crippen LogP contribution in [0.2, 0.25) is 0 Å². The molecule has 3 saturated heterocycles. The Bertz CT molecular complexity index is 1610. The van der Waals surface area contributed by atoms with Gasteiger partial charge in [-0.2, -0.15) is 10.4 Å². The molecular formula is C26H28N10OS2. The Morgan fingerprint density at radius 1 is 1.26 bits per heavy atom. The number of rotatable bonds is 7. The van der Waals surface area contributed by atoms with Gasteiger partial charge >= 0.3 is 0 Å². The molecule has 3 fully saturated rings. The van der Waals surface area contributed by atoms with Gasteiger partial charge in [-0.25, -0.2) is 4.52 Å². The van der Waals surface area contributed by atoms with E-state index in [9.17, 15) is 10.1 Å². The van der Waals surface area contributed by atoms with Gasteiger partial charge in [-0.1, -0.05) is 11.3 Å². The van der Waals surface area contributed by atoms with Gasteiger partial charge in [0.05, 0.1) is 46.3 Å². The fourth-order valence-electron chi connectivity index (χ4n) is 5.29. The number of nitrogens with one attached hydrogen (secondary N) is 1. The molecule has 4 aromatic heterocycles. The molecule has 4 aromatic rings. The Morgan fingerprint density at radius 3 is 2.82 bits per heavy atom. The van der Waals surface area contributed by atoms with E-state index < -0.39 is 0 Å². The number of nitrogens with zero attached hydrogens (tertiary/aromatic N) is 9. The summed E-state index contributed by atoms with van der Waals surface area (Å²) in [7, 11) is 0. The molecular weight excluding hydrogens is 532 g/mol. The zero-order chi connectivity index (χ0) is 27.1. The lowest BCUT2D eigenvalue weighted by molar-refractivity contribution is -0.144. The molecule has 0 radical (unpaired) electrons. The van der Waals surface area contributed by atoms with Gasteiger partial charge in [-0.15, -0.1) is 21.8 Å². The minimum atomic E-state index is 0.121. The van der Waals surface area contributed by atoms with Crippen molar-refractivity contribution in [2.24, 2.45) is 4.36 Å². The number of hydrogen-bond acceptors (Lipinski definition) is 10.